The highest BCUT2D eigenvalue weighted by Crippen LogP contribution is 2.25. The van der Waals surface area contributed by atoms with Crippen LogP contribution in [0.15, 0.2) is 48.5 Å². The van der Waals surface area contributed by atoms with Gasteiger partial charge in [-0.05, 0) is 55.8 Å². The van der Waals surface area contributed by atoms with Crippen molar-refractivity contribution < 1.29 is 19.1 Å². The van der Waals surface area contributed by atoms with Crippen LogP contribution in [-0.4, -0.2) is 55.1 Å². The first-order chi connectivity index (χ1) is 15.9. The molecule has 172 valence electrons. The summed E-state index contributed by atoms with van der Waals surface area (Å²) in [6.45, 7) is 7.39. The standard InChI is InChI=1S/C25H28N4O4/c1-17-14-18(2)29(27-17)16-19-4-6-20(7-5-19)24(30)26-23-9-8-21(15-22(23)25(31)32-3)28-10-12-33-13-11-28/h4-9,14-15H,10-13,16H2,1-3H3,(H,26,30). The van der Waals surface area contributed by atoms with Crippen molar-refractivity contribution in [3.8, 4) is 0 Å². The SMILES string of the molecule is COC(=O)c1cc(N2CCOCC2)ccc1NC(=O)c1ccc(Cn2nc(C)cc2C)cc1. The second-order valence-corrected chi connectivity index (χ2v) is 8.06. The molecule has 1 N–H and O–H groups in total. The fourth-order valence-corrected chi connectivity index (χ4v) is 3.90. The van der Waals surface area contributed by atoms with Crippen LogP contribution in [-0.2, 0) is 16.0 Å². The number of aryl methyl sites for hydroxylation is 2. The number of anilines is 2. The molecule has 1 fully saturated rings. The maximum absolute atomic E-state index is 12.9. The summed E-state index contributed by atoms with van der Waals surface area (Å²) in [4.78, 5) is 27.4. The summed E-state index contributed by atoms with van der Waals surface area (Å²) in [7, 11) is 1.33. The fourth-order valence-electron chi connectivity index (χ4n) is 3.90. The van der Waals surface area contributed by atoms with Gasteiger partial charge >= 0.3 is 5.97 Å². The van der Waals surface area contributed by atoms with Crippen LogP contribution in [0.5, 0.6) is 0 Å². The predicted octanol–water partition coefficient (Wildman–Crippen LogP) is 3.42. The lowest BCUT2D eigenvalue weighted by Crippen LogP contribution is -2.36. The average Bonchev–Trinajstić information content (AvgIpc) is 3.16. The number of hydrogen-bond acceptors (Lipinski definition) is 6. The number of nitrogens with zero attached hydrogens (tertiary/aromatic N) is 3. The van der Waals surface area contributed by atoms with Crippen LogP contribution in [0.1, 0.15) is 37.7 Å². The number of ether oxygens (including phenoxy) is 2. The number of morpholine rings is 1. The van der Waals surface area contributed by atoms with E-state index in [2.05, 4.69) is 15.3 Å². The first kappa shape index (κ1) is 22.5. The molecule has 2 aromatic carbocycles. The summed E-state index contributed by atoms with van der Waals surface area (Å²) in [5.74, 6) is -0.794. The third-order valence-corrected chi connectivity index (χ3v) is 5.68. The van der Waals surface area contributed by atoms with Gasteiger partial charge in [-0.1, -0.05) is 12.1 Å². The van der Waals surface area contributed by atoms with Gasteiger partial charge in [-0.25, -0.2) is 4.79 Å². The van der Waals surface area contributed by atoms with Crippen LogP contribution in [0.2, 0.25) is 0 Å². The summed E-state index contributed by atoms with van der Waals surface area (Å²) in [6.07, 6.45) is 0. The molecule has 4 rings (SSSR count). The van der Waals surface area contributed by atoms with E-state index in [-0.39, 0.29) is 5.91 Å². The number of amides is 1. The average molecular weight is 449 g/mol. The van der Waals surface area contributed by atoms with Gasteiger partial charge in [0, 0.05) is 30.0 Å². The first-order valence-electron chi connectivity index (χ1n) is 10.9. The van der Waals surface area contributed by atoms with Crippen LogP contribution >= 0.6 is 0 Å². The monoisotopic (exact) mass is 448 g/mol. The Bertz CT molecular complexity index is 1150. The van der Waals surface area contributed by atoms with E-state index < -0.39 is 5.97 Å². The van der Waals surface area contributed by atoms with Crippen LogP contribution in [0.25, 0.3) is 0 Å². The van der Waals surface area contributed by atoms with Crippen molar-refractivity contribution in [2.24, 2.45) is 0 Å². The molecule has 8 heteroatoms. The zero-order valence-corrected chi connectivity index (χ0v) is 19.1. The molecule has 0 atom stereocenters. The molecular formula is C25H28N4O4. The maximum atomic E-state index is 12.9. The summed E-state index contributed by atoms with van der Waals surface area (Å²) in [5.41, 5.74) is 5.23. The molecule has 33 heavy (non-hydrogen) atoms. The Morgan fingerprint density at radius 1 is 1.06 bits per heavy atom. The first-order valence-corrected chi connectivity index (χ1v) is 10.9. The number of aromatic nitrogens is 2. The van der Waals surface area contributed by atoms with E-state index in [9.17, 15) is 9.59 Å². The molecule has 2 heterocycles. The van der Waals surface area contributed by atoms with Crippen molar-refractivity contribution >= 4 is 23.3 Å². The van der Waals surface area contributed by atoms with Crippen molar-refractivity contribution in [3.05, 3.63) is 76.6 Å². The molecule has 0 aliphatic carbocycles. The lowest BCUT2D eigenvalue weighted by atomic mass is 10.1. The van der Waals surface area contributed by atoms with Crippen molar-refractivity contribution in [2.75, 3.05) is 43.6 Å². The van der Waals surface area contributed by atoms with Crippen LogP contribution in [0.4, 0.5) is 11.4 Å². The molecule has 3 aromatic rings. The van der Waals surface area contributed by atoms with Crippen LogP contribution in [0.3, 0.4) is 0 Å². The van der Waals surface area contributed by atoms with E-state index in [0.717, 1.165) is 35.7 Å². The Labute approximate surface area is 193 Å². The number of carbonyl (C=O) groups is 2. The van der Waals surface area contributed by atoms with Gasteiger partial charge < -0.3 is 19.7 Å². The van der Waals surface area contributed by atoms with Crippen molar-refractivity contribution in [1.29, 1.82) is 0 Å². The number of nitrogens with one attached hydrogen (secondary N) is 1. The van der Waals surface area contributed by atoms with E-state index in [1.807, 2.05) is 42.8 Å². The highest BCUT2D eigenvalue weighted by Gasteiger charge is 2.19. The van der Waals surface area contributed by atoms with E-state index in [4.69, 9.17) is 9.47 Å². The fraction of sp³-hybridized carbons (Fsp3) is 0.320. The van der Waals surface area contributed by atoms with Crippen molar-refractivity contribution in [2.45, 2.75) is 20.4 Å². The Morgan fingerprint density at radius 2 is 1.79 bits per heavy atom. The minimum absolute atomic E-state index is 0.295. The number of hydrogen-bond donors (Lipinski definition) is 1. The van der Waals surface area contributed by atoms with Gasteiger partial charge in [-0.3, -0.25) is 9.48 Å². The number of carbonyl (C=O) groups excluding carboxylic acids is 2. The minimum atomic E-state index is -0.499. The van der Waals surface area contributed by atoms with Crippen LogP contribution < -0.4 is 10.2 Å². The van der Waals surface area contributed by atoms with E-state index in [0.29, 0.717) is 36.6 Å². The van der Waals surface area contributed by atoms with E-state index in [1.54, 1.807) is 24.3 Å². The van der Waals surface area contributed by atoms with Gasteiger partial charge in [0.05, 0.1) is 43.8 Å². The van der Waals surface area contributed by atoms with E-state index >= 15 is 0 Å². The topological polar surface area (TPSA) is 85.7 Å². The van der Waals surface area contributed by atoms with Gasteiger partial charge in [0.25, 0.3) is 5.91 Å². The van der Waals surface area contributed by atoms with Gasteiger partial charge in [0.1, 0.15) is 0 Å². The second-order valence-electron chi connectivity index (χ2n) is 8.06. The predicted molar refractivity (Wildman–Crippen MR) is 126 cm³/mol. The Morgan fingerprint density at radius 3 is 2.42 bits per heavy atom. The molecule has 1 aliphatic rings. The summed E-state index contributed by atoms with van der Waals surface area (Å²) >= 11 is 0. The number of rotatable bonds is 6. The molecule has 1 amide bonds. The molecule has 0 bridgehead atoms. The largest absolute Gasteiger partial charge is 0.465 e. The Hall–Kier alpha value is -3.65. The third-order valence-electron chi connectivity index (χ3n) is 5.68. The Kier molecular flexibility index (Phi) is 6.74. The lowest BCUT2D eigenvalue weighted by Gasteiger charge is -2.29. The maximum Gasteiger partial charge on any atom is 0.340 e. The van der Waals surface area contributed by atoms with Gasteiger partial charge in [-0.15, -0.1) is 0 Å². The third kappa shape index (κ3) is 5.23. The van der Waals surface area contributed by atoms with Gasteiger partial charge in [0.15, 0.2) is 0 Å². The molecule has 1 aliphatic heterocycles. The number of esters is 1. The normalized spacial score (nSPS) is 13.6. The van der Waals surface area contributed by atoms with Crippen molar-refractivity contribution in [1.82, 2.24) is 9.78 Å². The van der Waals surface area contributed by atoms with Crippen molar-refractivity contribution in [3.63, 3.8) is 0 Å². The van der Waals surface area contributed by atoms with Crippen LogP contribution in [0, 0.1) is 13.8 Å². The molecule has 8 nitrogen and oxygen atoms in total. The molecule has 1 aromatic heterocycles. The highest BCUT2D eigenvalue weighted by molar-refractivity contribution is 6.08. The summed E-state index contributed by atoms with van der Waals surface area (Å²) in [6, 6.07) is 14.8. The zero-order chi connectivity index (χ0) is 23.4. The van der Waals surface area contributed by atoms with E-state index in [1.165, 1.54) is 7.11 Å². The molecule has 0 saturated carbocycles. The molecule has 0 spiro atoms. The van der Waals surface area contributed by atoms with Gasteiger partial charge in [-0.2, -0.15) is 5.10 Å². The molecule has 1 saturated heterocycles. The summed E-state index contributed by atoms with van der Waals surface area (Å²) in [5, 5.41) is 7.33. The zero-order valence-electron chi connectivity index (χ0n) is 19.1. The number of benzene rings is 2. The smallest absolute Gasteiger partial charge is 0.340 e. The quantitative estimate of drug-likeness (QED) is 0.582. The molecule has 0 radical (unpaired) electrons. The number of methoxy groups -OCH3 is 1. The molecular weight excluding hydrogens is 420 g/mol. The van der Waals surface area contributed by atoms with Gasteiger partial charge in [0.2, 0.25) is 0 Å². The minimum Gasteiger partial charge on any atom is -0.465 e. The molecule has 0 unspecified atom stereocenters. The second kappa shape index (κ2) is 9.87. The Balaban J connectivity index is 1.50. The lowest BCUT2D eigenvalue weighted by molar-refractivity contribution is 0.0602. The highest BCUT2D eigenvalue weighted by atomic mass is 16.5. The summed E-state index contributed by atoms with van der Waals surface area (Å²) < 4.78 is 12.3.